The molecule has 0 saturated carbocycles. The summed E-state index contributed by atoms with van der Waals surface area (Å²) in [5, 5.41) is 0. The van der Waals surface area contributed by atoms with Gasteiger partial charge in [-0.3, -0.25) is 0 Å². The Morgan fingerprint density at radius 1 is 1.41 bits per heavy atom. The lowest BCUT2D eigenvalue weighted by molar-refractivity contribution is 0.580. The highest BCUT2D eigenvalue weighted by atomic mass is 32.2. The van der Waals surface area contributed by atoms with Crippen molar-refractivity contribution in [3.05, 3.63) is 35.6 Å². The molecule has 0 heterocycles. The molecule has 0 spiro atoms. The van der Waals surface area contributed by atoms with E-state index in [4.69, 9.17) is 5.73 Å². The molecular formula is C12H18FNO2S. The summed E-state index contributed by atoms with van der Waals surface area (Å²) in [7, 11) is -2.97. The topological polar surface area (TPSA) is 60.2 Å². The number of sulfone groups is 1. The average molecular weight is 259 g/mol. The Morgan fingerprint density at radius 2 is 2.12 bits per heavy atom. The summed E-state index contributed by atoms with van der Waals surface area (Å²) < 4.78 is 35.5. The first-order chi connectivity index (χ1) is 7.93. The van der Waals surface area contributed by atoms with Gasteiger partial charge in [0.25, 0.3) is 0 Å². The first kappa shape index (κ1) is 14.1. The maximum Gasteiger partial charge on any atom is 0.150 e. The minimum absolute atomic E-state index is 0.0972. The van der Waals surface area contributed by atoms with E-state index in [1.54, 1.807) is 19.1 Å². The normalized spacial score (nSPS) is 13.6. The minimum atomic E-state index is -2.97. The Bertz CT molecular complexity index is 459. The molecule has 1 atom stereocenters. The second-order valence-electron chi connectivity index (χ2n) is 4.12. The van der Waals surface area contributed by atoms with E-state index >= 15 is 0 Å². The molecular weight excluding hydrogens is 241 g/mol. The zero-order chi connectivity index (χ0) is 12.9. The minimum Gasteiger partial charge on any atom is -0.327 e. The van der Waals surface area contributed by atoms with E-state index in [1.807, 2.05) is 0 Å². The van der Waals surface area contributed by atoms with Crippen LogP contribution >= 0.6 is 0 Å². The number of halogens is 1. The van der Waals surface area contributed by atoms with Gasteiger partial charge in [0.15, 0.2) is 0 Å². The van der Waals surface area contributed by atoms with E-state index in [-0.39, 0.29) is 23.4 Å². The number of rotatable bonds is 6. The van der Waals surface area contributed by atoms with Crippen LogP contribution in [0, 0.1) is 5.82 Å². The zero-order valence-electron chi connectivity index (χ0n) is 9.90. The van der Waals surface area contributed by atoms with Crippen molar-refractivity contribution >= 4 is 9.84 Å². The fraction of sp³-hybridized carbons (Fsp3) is 0.500. The van der Waals surface area contributed by atoms with E-state index in [2.05, 4.69) is 0 Å². The summed E-state index contributed by atoms with van der Waals surface area (Å²) in [5.74, 6) is -0.0597. The molecule has 0 aliphatic rings. The highest BCUT2D eigenvalue weighted by Crippen LogP contribution is 2.08. The van der Waals surface area contributed by atoms with Crippen molar-refractivity contribution in [1.29, 1.82) is 0 Å². The molecule has 0 aliphatic carbocycles. The molecule has 1 aromatic carbocycles. The van der Waals surface area contributed by atoms with Gasteiger partial charge in [0.2, 0.25) is 0 Å². The summed E-state index contributed by atoms with van der Waals surface area (Å²) in [6.45, 7) is 1.62. The van der Waals surface area contributed by atoms with Gasteiger partial charge in [-0.1, -0.05) is 19.1 Å². The Balaban J connectivity index is 2.48. The predicted molar refractivity (Wildman–Crippen MR) is 67.0 cm³/mol. The maximum atomic E-state index is 12.9. The van der Waals surface area contributed by atoms with Crippen LogP contribution in [0.1, 0.15) is 18.9 Å². The standard InChI is InChI=1S/C12H18FNO2S/c1-2-17(15,16)7-6-12(14)9-10-4-3-5-11(13)8-10/h3-5,8,12H,2,6-7,9,14H2,1H3. The van der Waals surface area contributed by atoms with Crippen molar-refractivity contribution in [2.75, 3.05) is 11.5 Å². The van der Waals surface area contributed by atoms with Gasteiger partial charge in [-0.2, -0.15) is 0 Å². The van der Waals surface area contributed by atoms with Crippen LogP contribution in [0.3, 0.4) is 0 Å². The second-order valence-corrected chi connectivity index (χ2v) is 6.59. The van der Waals surface area contributed by atoms with E-state index in [1.165, 1.54) is 12.1 Å². The van der Waals surface area contributed by atoms with Crippen molar-refractivity contribution in [3.63, 3.8) is 0 Å². The lowest BCUT2D eigenvalue weighted by Gasteiger charge is -2.11. The molecule has 0 radical (unpaired) electrons. The third-order valence-corrected chi connectivity index (χ3v) is 4.36. The first-order valence-corrected chi connectivity index (χ1v) is 7.45. The monoisotopic (exact) mass is 259 g/mol. The van der Waals surface area contributed by atoms with Crippen molar-refractivity contribution in [2.24, 2.45) is 5.73 Å². The molecule has 96 valence electrons. The maximum absolute atomic E-state index is 12.9. The van der Waals surface area contributed by atoms with E-state index < -0.39 is 9.84 Å². The molecule has 0 saturated heterocycles. The van der Waals surface area contributed by atoms with Crippen LogP contribution < -0.4 is 5.73 Å². The Morgan fingerprint density at radius 3 is 2.71 bits per heavy atom. The van der Waals surface area contributed by atoms with Gasteiger partial charge in [-0.05, 0) is 30.5 Å². The molecule has 0 bridgehead atoms. The Hall–Kier alpha value is -0.940. The number of nitrogens with two attached hydrogens (primary N) is 1. The second kappa shape index (κ2) is 6.12. The Kier molecular flexibility index (Phi) is 5.08. The lowest BCUT2D eigenvalue weighted by atomic mass is 10.0. The highest BCUT2D eigenvalue weighted by molar-refractivity contribution is 7.91. The molecule has 5 heteroatoms. The summed E-state index contributed by atoms with van der Waals surface area (Å²) in [5.41, 5.74) is 6.63. The Labute approximate surface area is 102 Å². The smallest absolute Gasteiger partial charge is 0.150 e. The molecule has 0 aliphatic heterocycles. The fourth-order valence-corrected chi connectivity index (χ4v) is 2.49. The largest absolute Gasteiger partial charge is 0.327 e. The van der Waals surface area contributed by atoms with Crippen molar-refractivity contribution in [1.82, 2.24) is 0 Å². The molecule has 0 fully saturated rings. The average Bonchev–Trinajstić information content (AvgIpc) is 2.27. The molecule has 1 unspecified atom stereocenters. The van der Waals surface area contributed by atoms with Gasteiger partial charge in [-0.25, -0.2) is 12.8 Å². The SMILES string of the molecule is CCS(=O)(=O)CCC(N)Cc1cccc(F)c1. The first-order valence-electron chi connectivity index (χ1n) is 5.63. The molecule has 0 aromatic heterocycles. The molecule has 1 rings (SSSR count). The van der Waals surface area contributed by atoms with Gasteiger partial charge in [-0.15, -0.1) is 0 Å². The summed E-state index contributed by atoms with van der Waals surface area (Å²) >= 11 is 0. The number of hydrogen-bond donors (Lipinski definition) is 1. The van der Waals surface area contributed by atoms with Gasteiger partial charge in [0, 0.05) is 11.8 Å². The van der Waals surface area contributed by atoms with Gasteiger partial charge in [0.1, 0.15) is 15.7 Å². The van der Waals surface area contributed by atoms with E-state index in [9.17, 15) is 12.8 Å². The number of hydrogen-bond acceptors (Lipinski definition) is 3. The fourth-order valence-electron chi connectivity index (χ4n) is 1.54. The zero-order valence-corrected chi connectivity index (χ0v) is 10.7. The van der Waals surface area contributed by atoms with Crippen LogP contribution in [-0.4, -0.2) is 26.0 Å². The van der Waals surface area contributed by atoms with Crippen LogP contribution in [-0.2, 0) is 16.3 Å². The molecule has 1 aromatic rings. The van der Waals surface area contributed by atoms with Crippen LogP contribution in [0.2, 0.25) is 0 Å². The summed E-state index contributed by atoms with van der Waals surface area (Å²) in [6, 6.07) is 5.96. The van der Waals surface area contributed by atoms with E-state index in [0.29, 0.717) is 12.8 Å². The van der Waals surface area contributed by atoms with Crippen molar-refractivity contribution in [2.45, 2.75) is 25.8 Å². The van der Waals surface area contributed by atoms with Crippen LogP contribution in [0.5, 0.6) is 0 Å². The van der Waals surface area contributed by atoms with Crippen LogP contribution in [0.25, 0.3) is 0 Å². The third-order valence-electron chi connectivity index (χ3n) is 2.63. The van der Waals surface area contributed by atoms with Crippen molar-refractivity contribution < 1.29 is 12.8 Å². The number of benzene rings is 1. The van der Waals surface area contributed by atoms with Crippen LogP contribution in [0.4, 0.5) is 4.39 Å². The molecule has 17 heavy (non-hydrogen) atoms. The molecule has 0 amide bonds. The predicted octanol–water partition coefficient (Wildman–Crippen LogP) is 1.52. The molecule has 2 N–H and O–H groups in total. The highest BCUT2D eigenvalue weighted by Gasteiger charge is 2.11. The summed E-state index contributed by atoms with van der Waals surface area (Å²) in [4.78, 5) is 0. The molecule has 3 nitrogen and oxygen atoms in total. The third kappa shape index (κ3) is 5.28. The van der Waals surface area contributed by atoms with Crippen LogP contribution in [0.15, 0.2) is 24.3 Å². The van der Waals surface area contributed by atoms with Gasteiger partial charge < -0.3 is 5.73 Å². The summed E-state index contributed by atoms with van der Waals surface area (Å²) in [6.07, 6.45) is 0.906. The van der Waals surface area contributed by atoms with Gasteiger partial charge in [0.05, 0.1) is 5.75 Å². The quantitative estimate of drug-likeness (QED) is 0.842. The lowest BCUT2D eigenvalue weighted by Crippen LogP contribution is -2.26. The van der Waals surface area contributed by atoms with Crippen molar-refractivity contribution in [3.8, 4) is 0 Å². The van der Waals surface area contributed by atoms with E-state index in [0.717, 1.165) is 5.56 Å². The van der Waals surface area contributed by atoms with Gasteiger partial charge >= 0.3 is 0 Å².